The molecule has 1 saturated carbocycles. The minimum atomic E-state index is -0.209. The normalized spacial score (nSPS) is 26.9. The van der Waals surface area contributed by atoms with Crippen LogP contribution in [-0.2, 0) is 16.1 Å². The molecular formula is C23H24N2O2. The van der Waals surface area contributed by atoms with E-state index in [1.54, 1.807) is 0 Å². The zero-order chi connectivity index (χ0) is 18.4. The van der Waals surface area contributed by atoms with Crippen LogP contribution in [0.5, 0.6) is 0 Å². The van der Waals surface area contributed by atoms with E-state index in [-0.39, 0.29) is 29.2 Å². The Hall–Kier alpha value is -2.46. The molecule has 4 heteroatoms. The summed E-state index contributed by atoms with van der Waals surface area (Å²) < 4.78 is 0. The number of rotatable bonds is 3. The summed E-state index contributed by atoms with van der Waals surface area (Å²) in [5, 5.41) is 0. The van der Waals surface area contributed by atoms with Gasteiger partial charge in [-0.15, -0.1) is 0 Å². The Kier molecular flexibility index (Phi) is 3.90. The Bertz CT molecular complexity index is 858. The number of imide groups is 1. The minimum absolute atomic E-state index is 0.00802. The topological polar surface area (TPSA) is 40.6 Å². The van der Waals surface area contributed by atoms with Crippen LogP contribution in [0.2, 0.25) is 0 Å². The summed E-state index contributed by atoms with van der Waals surface area (Å²) in [6.07, 6.45) is 4.31. The molecule has 2 atom stereocenters. The molecule has 2 aromatic rings. The van der Waals surface area contributed by atoms with Crippen molar-refractivity contribution in [3.05, 3.63) is 66.2 Å². The quantitative estimate of drug-likeness (QED) is 0.785. The molecule has 2 saturated heterocycles. The monoisotopic (exact) mass is 360 g/mol. The molecule has 2 aromatic carbocycles. The molecule has 4 nitrogen and oxygen atoms in total. The van der Waals surface area contributed by atoms with Gasteiger partial charge in [-0.25, -0.2) is 4.90 Å². The number of likely N-dealkylation sites (tertiary alicyclic amines) is 1. The molecule has 1 spiro atoms. The lowest BCUT2D eigenvalue weighted by molar-refractivity contribution is -0.124. The average Bonchev–Trinajstić information content (AvgIpc) is 3.36. The summed E-state index contributed by atoms with van der Waals surface area (Å²) in [5.41, 5.74) is 1.81. The SMILES string of the molecule is O=C1[C@@H]2[C@@H](CN(Cc3ccccc3)C23CCCC3)C(=O)N1c1ccccc1. The van der Waals surface area contributed by atoms with Crippen molar-refractivity contribution in [2.24, 2.45) is 11.8 Å². The van der Waals surface area contributed by atoms with Crippen LogP contribution >= 0.6 is 0 Å². The lowest BCUT2D eigenvalue weighted by Gasteiger charge is -2.39. The Morgan fingerprint density at radius 1 is 0.852 bits per heavy atom. The highest BCUT2D eigenvalue weighted by Crippen LogP contribution is 2.53. The molecule has 0 aromatic heterocycles. The van der Waals surface area contributed by atoms with Gasteiger partial charge in [0.15, 0.2) is 0 Å². The standard InChI is InChI=1S/C23H24N2O2/c26-21-19-16-24(15-17-9-3-1-4-10-17)23(13-7-8-14-23)20(19)22(27)25(21)18-11-5-2-6-12-18/h1-6,9-12,19-20H,7-8,13-16H2/t19-,20+/m1/s1. The fraction of sp³-hybridized carbons (Fsp3) is 0.391. The van der Waals surface area contributed by atoms with Gasteiger partial charge in [0.1, 0.15) is 0 Å². The van der Waals surface area contributed by atoms with Gasteiger partial charge in [-0.3, -0.25) is 14.5 Å². The highest BCUT2D eigenvalue weighted by molar-refractivity contribution is 6.22. The predicted molar refractivity (Wildman–Crippen MR) is 104 cm³/mol. The van der Waals surface area contributed by atoms with Crippen molar-refractivity contribution >= 4 is 17.5 Å². The number of nitrogens with zero attached hydrogens (tertiary/aromatic N) is 2. The maximum Gasteiger partial charge on any atom is 0.239 e. The number of carbonyl (C=O) groups is 2. The van der Waals surface area contributed by atoms with E-state index in [1.165, 1.54) is 10.5 Å². The number of hydrogen-bond acceptors (Lipinski definition) is 3. The summed E-state index contributed by atoms with van der Waals surface area (Å²) in [6.45, 7) is 1.51. The second-order valence-corrected chi connectivity index (χ2v) is 8.11. The third-order valence-electron chi connectivity index (χ3n) is 6.75. The molecule has 0 N–H and O–H groups in total. The van der Waals surface area contributed by atoms with Crippen LogP contribution < -0.4 is 4.90 Å². The fourth-order valence-corrected chi connectivity index (χ4v) is 5.60. The molecule has 2 heterocycles. The van der Waals surface area contributed by atoms with E-state index >= 15 is 0 Å². The van der Waals surface area contributed by atoms with E-state index in [4.69, 9.17) is 0 Å². The van der Waals surface area contributed by atoms with E-state index in [0.717, 1.165) is 32.2 Å². The number of amides is 2. The van der Waals surface area contributed by atoms with Crippen molar-refractivity contribution < 1.29 is 9.59 Å². The van der Waals surface area contributed by atoms with Crippen molar-refractivity contribution in [2.45, 2.75) is 37.8 Å². The molecule has 3 aliphatic rings. The summed E-state index contributed by atoms with van der Waals surface area (Å²) in [6, 6.07) is 19.8. The maximum absolute atomic E-state index is 13.4. The smallest absolute Gasteiger partial charge is 0.239 e. The predicted octanol–water partition coefficient (Wildman–Crippen LogP) is 3.62. The molecule has 0 unspecified atom stereocenters. The van der Waals surface area contributed by atoms with Crippen LogP contribution in [0.1, 0.15) is 31.2 Å². The number of fused-ring (bicyclic) bond motifs is 2. The number of hydrogen-bond donors (Lipinski definition) is 0. The lowest BCUT2D eigenvalue weighted by atomic mass is 9.79. The van der Waals surface area contributed by atoms with Gasteiger partial charge in [-0.2, -0.15) is 0 Å². The number of benzene rings is 2. The molecule has 1 aliphatic carbocycles. The van der Waals surface area contributed by atoms with Crippen molar-refractivity contribution in [3.63, 3.8) is 0 Å². The van der Waals surface area contributed by atoms with Gasteiger partial charge in [0.05, 0.1) is 17.5 Å². The first-order valence-corrected chi connectivity index (χ1v) is 9.92. The summed E-state index contributed by atoms with van der Waals surface area (Å²) >= 11 is 0. The van der Waals surface area contributed by atoms with Crippen LogP contribution in [0.3, 0.4) is 0 Å². The molecular weight excluding hydrogens is 336 g/mol. The number of para-hydroxylation sites is 1. The van der Waals surface area contributed by atoms with Crippen LogP contribution in [0.4, 0.5) is 5.69 Å². The second kappa shape index (κ2) is 6.31. The Morgan fingerprint density at radius 3 is 2.15 bits per heavy atom. The average molecular weight is 360 g/mol. The molecule has 138 valence electrons. The van der Waals surface area contributed by atoms with Crippen LogP contribution in [0.25, 0.3) is 0 Å². The first-order chi connectivity index (χ1) is 13.2. The molecule has 0 radical (unpaired) electrons. The van der Waals surface area contributed by atoms with E-state index in [2.05, 4.69) is 29.2 Å². The minimum Gasteiger partial charge on any atom is -0.292 e. The maximum atomic E-state index is 13.4. The number of carbonyl (C=O) groups excluding carboxylic acids is 2. The van der Waals surface area contributed by atoms with Gasteiger partial charge < -0.3 is 0 Å². The van der Waals surface area contributed by atoms with Gasteiger partial charge in [-0.05, 0) is 30.5 Å². The van der Waals surface area contributed by atoms with Crippen molar-refractivity contribution in [3.8, 4) is 0 Å². The van der Waals surface area contributed by atoms with E-state index in [0.29, 0.717) is 12.2 Å². The number of anilines is 1. The van der Waals surface area contributed by atoms with Gasteiger partial charge >= 0.3 is 0 Å². The lowest BCUT2D eigenvalue weighted by Crippen LogP contribution is -2.49. The third kappa shape index (κ3) is 2.47. The van der Waals surface area contributed by atoms with Crippen molar-refractivity contribution in [1.29, 1.82) is 0 Å². The highest BCUT2D eigenvalue weighted by Gasteiger charge is 2.65. The largest absolute Gasteiger partial charge is 0.292 e. The van der Waals surface area contributed by atoms with Crippen LogP contribution in [0.15, 0.2) is 60.7 Å². The second-order valence-electron chi connectivity index (χ2n) is 8.11. The zero-order valence-corrected chi connectivity index (χ0v) is 15.4. The van der Waals surface area contributed by atoms with E-state index in [1.807, 2.05) is 36.4 Å². The molecule has 2 aliphatic heterocycles. The third-order valence-corrected chi connectivity index (χ3v) is 6.75. The zero-order valence-electron chi connectivity index (χ0n) is 15.4. The molecule has 27 heavy (non-hydrogen) atoms. The summed E-state index contributed by atoms with van der Waals surface area (Å²) in [5.74, 6) is -0.414. The summed E-state index contributed by atoms with van der Waals surface area (Å²) in [7, 11) is 0. The fourth-order valence-electron chi connectivity index (χ4n) is 5.60. The molecule has 3 fully saturated rings. The first kappa shape index (κ1) is 16.7. The van der Waals surface area contributed by atoms with Crippen molar-refractivity contribution in [2.75, 3.05) is 11.4 Å². The van der Waals surface area contributed by atoms with Gasteiger partial charge in [0.2, 0.25) is 11.8 Å². The van der Waals surface area contributed by atoms with E-state index in [9.17, 15) is 9.59 Å². The Labute approximate surface area is 159 Å². The van der Waals surface area contributed by atoms with Crippen LogP contribution in [-0.4, -0.2) is 28.8 Å². The van der Waals surface area contributed by atoms with Gasteiger partial charge in [0.25, 0.3) is 0 Å². The van der Waals surface area contributed by atoms with Crippen molar-refractivity contribution in [1.82, 2.24) is 4.90 Å². The molecule has 0 bridgehead atoms. The summed E-state index contributed by atoms with van der Waals surface area (Å²) in [4.78, 5) is 30.6. The molecule has 2 amide bonds. The van der Waals surface area contributed by atoms with E-state index < -0.39 is 0 Å². The highest BCUT2D eigenvalue weighted by atomic mass is 16.2. The Balaban J connectivity index is 1.50. The Morgan fingerprint density at radius 2 is 1.48 bits per heavy atom. The first-order valence-electron chi connectivity index (χ1n) is 9.92. The van der Waals surface area contributed by atoms with Gasteiger partial charge in [0, 0.05) is 18.6 Å². The molecule has 5 rings (SSSR count). The van der Waals surface area contributed by atoms with Crippen LogP contribution in [0, 0.1) is 11.8 Å². The van der Waals surface area contributed by atoms with Gasteiger partial charge in [-0.1, -0.05) is 61.4 Å².